The van der Waals surface area contributed by atoms with Gasteiger partial charge in [0.2, 0.25) is 17.7 Å². The Labute approximate surface area is 226 Å². The van der Waals surface area contributed by atoms with Gasteiger partial charge in [-0.05, 0) is 64.8 Å². The topological polar surface area (TPSA) is 73.0 Å². The minimum atomic E-state index is -0.603. The number of carbonyl (C=O) groups is 3. The van der Waals surface area contributed by atoms with E-state index in [2.05, 4.69) is 37.9 Å². The van der Waals surface area contributed by atoms with Crippen molar-refractivity contribution in [2.75, 3.05) is 26.7 Å². The number of nitrogens with one attached hydrogen (secondary N) is 1. The first-order valence-corrected chi connectivity index (χ1v) is 14.8. The fourth-order valence-electron chi connectivity index (χ4n) is 5.76. The van der Waals surface area contributed by atoms with Gasteiger partial charge in [-0.1, -0.05) is 59.5 Å². The molecule has 2 aliphatic rings. The molecule has 0 aliphatic carbocycles. The second-order valence-corrected chi connectivity index (χ2v) is 12.2. The quantitative estimate of drug-likeness (QED) is 0.453. The highest BCUT2D eigenvalue weighted by atomic mass is 16.2. The summed E-state index contributed by atoms with van der Waals surface area (Å²) >= 11 is 0. The highest BCUT2D eigenvalue weighted by Crippen LogP contribution is 2.22. The summed E-state index contributed by atoms with van der Waals surface area (Å²) in [6, 6.07) is -0.734. The van der Waals surface area contributed by atoms with E-state index in [-0.39, 0.29) is 47.7 Å². The number of piperidine rings is 1. The van der Waals surface area contributed by atoms with Crippen molar-refractivity contribution < 1.29 is 14.4 Å². The zero-order chi connectivity index (χ0) is 27.7. The first kappa shape index (κ1) is 31.3. The first-order chi connectivity index (χ1) is 17.5. The average molecular weight is 519 g/mol. The number of likely N-dealkylation sites (tertiary alicyclic amines) is 2. The lowest BCUT2D eigenvalue weighted by Crippen LogP contribution is -2.58. The summed E-state index contributed by atoms with van der Waals surface area (Å²) in [5.41, 5.74) is 0.693. The van der Waals surface area contributed by atoms with Crippen molar-refractivity contribution in [3.8, 4) is 0 Å². The number of hydrogen-bond donors (Lipinski definition) is 1. The lowest BCUT2D eigenvalue weighted by Gasteiger charge is -2.39. The summed E-state index contributed by atoms with van der Waals surface area (Å²) in [5, 5.41) is 3.12. The van der Waals surface area contributed by atoms with Gasteiger partial charge in [-0.3, -0.25) is 19.3 Å². The molecule has 1 N–H and O–H groups in total. The third-order valence-corrected chi connectivity index (χ3v) is 8.12. The zero-order valence-corrected chi connectivity index (χ0v) is 24.9. The molecule has 3 amide bonds. The van der Waals surface area contributed by atoms with Crippen LogP contribution in [0.1, 0.15) is 99.8 Å². The molecule has 0 radical (unpaired) electrons. The molecule has 0 bridgehead atoms. The van der Waals surface area contributed by atoms with Crippen LogP contribution in [-0.4, -0.2) is 83.3 Å². The van der Waals surface area contributed by atoms with Crippen molar-refractivity contribution in [3.63, 3.8) is 0 Å². The van der Waals surface area contributed by atoms with Gasteiger partial charge >= 0.3 is 0 Å². The molecule has 2 rings (SSSR count). The fraction of sp³-hybridized carbons (Fsp3) is 0.833. The van der Waals surface area contributed by atoms with Gasteiger partial charge in [0.1, 0.15) is 6.04 Å². The monoisotopic (exact) mass is 518 g/mol. The highest BCUT2D eigenvalue weighted by Gasteiger charge is 2.36. The Balaban J connectivity index is 2.17. The van der Waals surface area contributed by atoms with Gasteiger partial charge in [-0.15, -0.1) is 0 Å². The molecule has 1 unspecified atom stereocenters. The predicted octanol–water partition coefficient (Wildman–Crippen LogP) is 4.61. The second kappa shape index (κ2) is 14.9. The summed E-state index contributed by atoms with van der Waals surface area (Å²) in [6.45, 7) is 16.8. The summed E-state index contributed by atoms with van der Waals surface area (Å²) < 4.78 is 0. The molecule has 2 heterocycles. The molecule has 7 heteroatoms. The molecule has 0 aromatic rings. The van der Waals surface area contributed by atoms with E-state index in [1.165, 1.54) is 19.3 Å². The fourth-order valence-corrected chi connectivity index (χ4v) is 5.76. The van der Waals surface area contributed by atoms with Gasteiger partial charge in [-0.2, -0.15) is 0 Å². The summed E-state index contributed by atoms with van der Waals surface area (Å²) in [5.74, 6) is 0.0108. The molecule has 3 atom stereocenters. The molecule has 2 saturated heterocycles. The SMILES string of the molecule is CC(=C[C@H](C(C)C)N(C)C(=O)[C@@H](NC(=O)C1CCCCN1C(C)C)C(C)C)C(=O)N1CCCCCCC1. The third-order valence-electron chi connectivity index (χ3n) is 8.12. The van der Waals surface area contributed by atoms with Crippen LogP contribution < -0.4 is 5.32 Å². The van der Waals surface area contributed by atoms with E-state index >= 15 is 0 Å². The minimum absolute atomic E-state index is 0.0458. The highest BCUT2D eigenvalue weighted by molar-refractivity contribution is 5.93. The number of amides is 3. The first-order valence-electron chi connectivity index (χ1n) is 14.8. The molecule has 0 saturated carbocycles. The van der Waals surface area contributed by atoms with Crippen LogP contribution in [-0.2, 0) is 14.4 Å². The lowest BCUT2D eigenvalue weighted by molar-refractivity contribution is -0.140. The average Bonchev–Trinajstić information content (AvgIpc) is 2.83. The number of rotatable bonds is 9. The van der Waals surface area contributed by atoms with E-state index in [0.717, 1.165) is 51.7 Å². The lowest BCUT2D eigenvalue weighted by atomic mass is 9.95. The van der Waals surface area contributed by atoms with E-state index < -0.39 is 6.04 Å². The van der Waals surface area contributed by atoms with Crippen molar-refractivity contribution in [1.29, 1.82) is 0 Å². The van der Waals surface area contributed by atoms with E-state index in [0.29, 0.717) is 5.57 Å². The largest absolute Gasteiger partial charge is 0.343 e. The van der Waals surface area contributed by atoms with Crippen LogP contribution in [0.3, 0.4) is 0 Å². The van der Waals surface area contributed by atoms with Crippen molar-refractivity contribution in [3.05, 3.63) is 11.6 Å². The molecule has 0 spiro atoms. The Kier molecular flexibility index (Phi) is 12.6. The summed E-state index contributed by atoms with van der Waals surface area (Å²) in [6.07, 6.45) is 10.6. The van der Waals surface area contributed by atoms with Crippen LogP contribution in [0.2, 0.25) is 0 Å². The smallest absolute Gasteiger partial charge is 0.249 e. The summed E-state index contributed by atoms with van der Waals surface area (Å²) in [7, 11) is 1.81. The van der Waals surface area contributed by atoms with Crippen molar-refractivity contribution >= 4 is 17.7 Å². The molecule has 212 valence electrons. The van der Waals surface area contributed by atoms with Crippen LogP contribution >= 0.6 is 0 Å². The molecule has 0 aromatic carbocycles. The van der Waals surface area contributed by atoms with E-state index in [9.17, 15) is 14.4 Å². The summed E-state index contributed by atoms with van der Waals surface area (Å²) in [4.78, 5) is 46.4. The normalized spacial score (nSPS) is 22.0. The van der Waals surface area contributed by atoms with Crippen LogP contribution in [0, 0.1) is 11.8 Å². The van der Waals surface area contributed by atoms with E-state index in [1.807, 2.05) is 31.7 Å². The number of nitrogens with zero attached hydrogens (tertiary/aromatic N) is 3. The van der Waals surface area contributed by atoms with Crippen LogP contribution in [0.5, 0.6) is 0 Å². The number of likely N-dealkylation sites (N-methyl/N-ethyl adjacent to an activating group) is 1. The molecule has 2 aliphatic heterocycles. The number of hydrogen-bond acceptors (Lipinski definition) is 4. The molecule has 37 heavy (non-hydrogen) atoms. The molecular formula is C30H54N4O3. The van der Waals surface area contributed by atoms with Gasteiger partial charge in [-0.25, -0.2) is 0 Å². The van der Waals surface area contributed by atoms with Gasteiger partial charge < -0.3 is 15.1 Å². The maximum absolute atomic E-state index is 13.8. The van der Waals surface area contributed by atoms with Crippen LogP contribution in [0.25, 0.3) is 0 Å². The zero-order valence-electron chi connectivity index (χ0n) is 24.9. The van der Waals surface area contributed by atoms with E-state index in [4.69, 9.17) is 0 Å². The van der Waals surface area contributed by atoms with Gasteiger partial charge in [0.15, 0.2) is 0 Å². The molecule has 7 nitrogen and oxygen atoms in total. The van der Waals surface area contributed by atoms with Crippen molar-refractivity contribution in [2.45, 2.75) is 124 Å². The maximum Gasteiger partial charge on any atom is 0.249 e. The molecular weight excluding hydrogens is 464 g/mol. The van der Waals surface area contributed by atoms with Crippen LogP contribution in [0.4, 0.5) is 0 Å². The van der Waals surface area contributed by atoms with Gasteiger partial charge in [0.25, 0.3) is 0 Å². The minimum Gasteiger partial charge on any atom is -0.343 e. The Hall–Kier alpha value is -1.89. The maximum atomic E-state index is 13.8. The van der Waals surface area contributed by atoms with Crippen LogP contribution in [0.15, 0.2) is 11.6 Å². The Bertz CT molecular complexity index is 784. The van der Waals surface area contributed by atoms with Crippen molar-refractivity contribution in [1.82, 2.24) is 20.0 Å². The Morgan fingerprint density at radius 1 is 0.838 bits per heavy atom. The Morgan fingerprint density at radius 2 is 1.41 bits per heavy atom. The second-order valence-electron chi connectivity index (χ2n) is 12.2. The number of carbonyl (C=O) groups excluding carboxylic acids is 3. The molecule has 2 fully saturated rings. The predicted molar refractivity (Wildman–Crippen MR) is 151 cm³/mol. The molecule has 0 aromatic heterocycles. The van der Waals surface area contributed by atoms with Crippen molar-refractivity contribution in [2.24, 2.45) is 11.8 Å². The third kappa shape index (κ3) is 8.83. The van der Waals surface area contributed by atoms with E-state index in [1.54, 1.807) is 11.9 Å². The van der Waals surface area contributed by atoms with Gasteiger partial charge in [0, 0.05) is 31.8 Å². The van der Waals surface area contributed by atoms with Gasteiger partial charge in [0.05, 0.1) is 12.1 Å². The standard InChI is InChI=1S/C30H54N4O3/c1-21(2)26(20-24(7)29(36)33-17-13-10-9-11-14-18-33)32(8)30(37)27(22(3)4)31-28(35)25-16-12-15-19-34(25)23(5)6/h20-23,25-27H,9-19H2,1-8H3,(H,31,35)/t25?,26-,27+/m1/s1. The Morgan fingerprint density at radius 3 is 1.95 bits per heavy atom.